The summed E-state index contributed by atoms with van der Waals surface area (Å²) in [5, 5.41) is 0. The minimum Gasteiger partial charge on any atom is -0.426 e. The molecule has 0 aromatic heterocycles. The van der Waals surface area contributed by atoms with Crippen LogP contribution in [0.15, 0.2) is 54.6 Å². The smallest absolute Gasteiger partial charge is 0.315 e. The minimum atomic E-state index is -0.401. The van der Waals surface area contributed by atoms with Crippen LogP contribution in [-0.4, -0.2) is 5.97 Å². The second-order valence-electron chi connectivity index (χ2n) is 3.59. The normalized spacial score (nSPS) is 9.94. The van der Waals surface area contributed by atoms with E-state index in [0.717, 1.165) is 0 Å². The molecule has 0 aliphatic carbocycles. The van der Waals surface area contributed by atoms with Crippen LogP contribution in [0.5, 0.6) is 5.75 Å². The summed E-state index contributed by atoms with van der Waals surface area (Å²) in [5.74, 6) is -0.259. The van der Waals surface area contributed by atoms with Crippen LogP contribution in [0.2, 0.25) is 0 Å². The molecule has 0 aliphatic rings. The van der Waals surface area contributed by atoms with Gasteiger partial charge in [0.1, 0.15) is 11.6 Å². The molecule has 2 aromatic rings. The van der Waals surface area contributed by atoms with Gasteiger partial charge in [-0.2, -0.15) is 0 Å². The van der Waals surface area contributed by atoms with E-state index in [1.54, 1.807) is 36.4 Å². The highest BCUT2D eigenvalue weighted by Gasteiger charge is 2.06. The minimum absolute atomic E-state index is 0.0622. The molecule has 0 saturated heterocycles. The van der Waals surface area contributed by atoms with E-state index in [9.17, 15) is 9.18 Å². The van der Waals surface area contributed by atoms with Crippen molar-refractivity contribution in [3.8, 4) is 5.75 Å². The molecule has 2 aromatic carbocycles. The molecular weight excluding hydrogens is 219 g/mol. The highest BCUT2D eigenvalue weighted by atomic mass is 19.1. The molecule has 0 unspecified atom stereocenters. The van der Waals surface area contributed by atoms with Gasteiger partial charge in [0.25, 0.3) is 0 Å². The quantitative estimate of drug-likeness (QED) is 0.598. The third-order valence-electron chi connectivity index (χ3n) is 2.21. The zero-order chi connectivity index (χ0) is 12.1. The Kier molecular flexibility index (Phi) is 3.50. The van der Waals surface area contributed by atoms with Crippen molar-refractivity contribution in [2.75, 3.05) is 0 Å². The molecule has 3 heteroatoms. The molecule has 0 atom stereocenters. The van der Waals surface area contributed by atoms with Gasteiger partial charge in [-0.05, 0) is 29.8 Å². The number of carbonyl (C=O) groups excluding carboxylic acids is 1. The maximum Gasteiger partial charge on any atom is 0.315 e. The van der Waals surface area contributed by atoms with Crippen LogP contribution in [0, 0.1) is 5.82 Å². The SMILES string of the molecule is O=C(Cc1cccc(F)c1)Oc1ccccc1. The standard InChI is InChI=1S/C14H11FO2/c15-12-6-4-5-11(9-12)10-14(16)17-13-7-2-1-3-8-13/h1-9H,10H2. The first kappa shape index (κ1) is 11.3. The first-order valence-electron chi connectivity index (χ1n) is 5.24. The molecule has 2 nitrogen and oxygen atoms in total. The molecule has 17 heavy (non-hydrogen) atoms. The van der Waals surface area contributed by atoms with Gasteiger partial charge < -0.3 is 4.74 Å². The summed E-state index contributed by atoms with van der Waals surface area (Å²) in [6.07, 6.45) is 0.0622. The van der Waals surface area contributed by atoms with Crippen molar-refractivity contribution in [3.63, 3.8) is 0 Å². The lowest BCUT2D eigenvalue weighted by Gasteiger charge is -2.04. The molecule has 0 spiro atoms. The van der Waals surface area contributed by atoms with Crippen molar-refractivity contribution in [2.45, 2.75) is 6.42 Å². The van der Waals surface area contributed by atoms with Crippen LogP contribution in [0.4, 0.5) is 4.39 Å². The van der Waals surface area contributed by atoms with Crippen LogP contribution >= 0.6 is 0 Å². The largest absolute Gasteiger partial charge is 0.426 e. The predicted molar refractivity (Wildman–Crippen MR) is 62.2 cm³/mol. The summed E-state index contributed by atoms with van der Waals surface area (Å²) in [4.78, 5) is 11.5. The maximum absolute atomic E-state index is 12.9. The number of rotatable bonds is 3. The van der Waals surface area contributed by atoms with E-state index in [2.05, 4.69) is 0 Å². The van der Waals surface area contributed by atoms with E-state index >= 15 is 0 Å². The summed E-state index contributed by atoms with van der Waals surface area (Å²) in [6.45, 7) is 0. The van der Waals surface area contributed by atoms with E-state index in [1.165, 1.54) is 12.1 Å². The maximum atomic E-state index is 12.9. The average molecular weight is 230 g/mol. The van der Waals surface area contributed by atoms with Gasteiger partial charge in [0.05, 0.1) is 6.42 Å². The highest BCUT2D eigenvalue weighted by molar-refractivity contribution is 5.75. The van der Waals surface area contributed by atoms with Gasteiger partial charge in [0.15, 0.2) is 0 Å². The van der Waals surface area contributed by atoms with E-state index in [-0.39, 0.29) is 12.2 Å². The van der Waals surface area contributed by atoms with Gasteiger partial charge in [-0.1, -0.05) is 30.3 Å². The molecular formula is C14H11FO2. The lowest BCUT2D eigenvalue weighted by molar-refractivity contribution is -0.133. The Morgan fingerprint density at radius 3 is 2.53 bits per heavy atom. The van der Waals surface area contributed by atoms with Crippen LogP contribution in [-0.2, 0) is 11.2 Å². The average Bonchev–Trinajstić information content (AvgIpc) is 2.30. The van der Waals surface area contributed by atoms with Crippen LogP contribution < -0.4 is 4.74 Å². The summed E-state index contributed by atoms with van der Waals surface area (Å²) >= 11 is 0. The second kappa shape index (κ2) is 5.25. The molecule has 86 valence electrons. The lowest BCUT2D eigenvalue weighted by Crippen LogP contribution is -2.11. The molecule has 0 fully saturated rings. The van der Waals surface area contributed by atoms with Crippen molar-refractivity contribution in [1.29, 1.82) is 0 Å². The predicted octanol–water partition coefficient (Wildman–Crippen LogP) is 2.97. The number of hydrogen-bond acceptors (Lipinski definition) is 2. The van der Waals surface area contributed by atoms with Gasteiger partial charge in [0.2, 0.25) is 0 Å². The van der Waals surface area contributed by atoms with E-state index in [4.69, 9.17) is 4.74 Å². The Balaban J connectivity index is 1.98. The fourth-order valence-corrected chi connectivity index (χ4v) is 1.47. The van der Waals surface area contributed by atoms with E-state index < -0.39 is 5.97 Å². The van der Waals surface area contributed by atoms with Gasteiger partial charge in [-0.25, -0.2) is 4.39 Å². The van der Waals surface area contributed by atoms with Crippen molar-refractivity contribution < 1.29 is 13.9 Å². The molecule has 0 saturated carbocycles. The number of esters is 1. The first-order chi connectivity index (χ1) is 8.24. The summed E-state index contributed by atoms with van der Waals surface area (Å²) in [7, 11) is 0. The molecule has 0 heterocycles. The number of carbonyl (C=O) groups is 1. The number of ether oxygens (including phenoxy) is 1. The summed E-state index contributed by atoms with van der Waals surface area (Å²) in [6, 6.07) is 14.7. The fraction of sp³-hybridized carbons (Fsp3) is 0.0714. The third kappa shape index (κ3) is 3.41. The number of para-hydroxylation sites is 1. The van der Waals surface area contributed by atoms with Crippen molar-refractivity contribution >= 4 is 5.97 Å². The van der Waals surface area contributed by atoms with Crippen molar-refractivity contribution in [1.82, 2.24) is 0 Å². The zero-order valence-electron chi connectivity index (χ0n) is 9.10. The van der Waals surface area contributed by atoms with Crippen LogP contribution in [0.1, 0.15) is 5.56 Å². The third-order valence-corrected chi connectivity index (χ3v) is 2.21. The molecule has 0 bridgehead atoms. The Labute approximate surface area is 98.7 Å². The fourth-order valence-electron chi connectivity index (χ4n) is 1.47. The summed E-state index contributed by atoms with van der Waals surface area (Å²) in [5.41, 5.74) is 0.603. The van der Waals surface area contributed by atoms with Gasteiger partial charge in [-0.15, -0.1) is 0 Å². The Bertz CT molecular complexity index is 509. The molecule has 0 N–H and O–H groups in total. The Morgan fingerprint density at radius 1 is 1.06 bits per heavy atom. The number of hydrogen-bond donors (Lipinski definition) is 0. The van der Waals surface area contributed by atoms with Gasteiger partial charge in [0, 0.05) is 0 Å². The molecule has 0 aliphatic heterocycles. The van der Waals surface area contributed by atoms with Crippen molar-refractivity contribution in [3.05, 3.63) is 66.0 Å². The molecule has 0 radical (unpaired) electrons. The molecule has 2 rings (SSSR count). The van der Waals surface area contributed by atoms with Crippen LogP contribution in [0.25, 0.3) is 0 Å². The Hall–Kier alpha value is -2.16. The topological polar surface area (TPSA) is 26.3 Å². The van der Waals surface area contributed by atoms with Crippen molar-refractivity contribution in [2.24, 2.45) is 0 Å². The zero-order valence-corrected chi connectivity index (χ0v) is 9.10. The summed E-state index contributed by atoms with van der Waals surface area (Å²) < 4.78 is 18.0. The highest BCUT2D eigenvalue weighted by Crippen LogP contribution is 2.10. The number of halogens is 1. The van der Waals surface area contributed by atoms with E-state index in [0.29, 0.717) is 11.3 Å². The first-order valence-corrected chi connectivity index (χ1v) is 5.24. The van der Waals surface area contributed by atoms with E-state index in [1.807, 2.05) is 6.07 Å². The Morgan fingerprint density at radius 2 is 1.82 bits per heavy atom. The van der Waals surface area contributed by atoms with Gasteiger partial charge in [-0.3, -0.25) is 4.79 Å². The lowest BCUT2D eigenvalue weighted by atomic mass is 10.1. The second-order valence-corrected chi connectivity index (χ2v) is 3.59. The van der Waals surface area contributed by atoms with Crippen LogP contribution in [0.3, 0.4) is 0 Å². The van der Waals surface area contributed by atoms with Gasteiger partial charge >= 0.3 is 5.97 Å². The monoisotopic (exact) mass is 230 g/mol. The molecule has 0 amide bonds. The number of benzene rings is 2.